The Morgan fingerprint density at radius 3 is 2.64 bits per heavy atom. The second-order valence-electron chi connectivity index (χ2n) is 6.43. The minimum absolute atomic E-state index is 0.110. The number of amides is 2. The van der Waals surface area contributed by atoms with Crippen molar-refractivity contribution in [2.24, 2.45) is 0 Å². The number of rotatable bonds is 8. The first-order valence-electron chi connectivity index (χ1n) is 9.19. The number of benzene rings is 2. The van der Waals surface area contributed by atoms with E-state index in [0.29, 0.717) is 17.6 Å². The smallest absolute Gasteiger partial charge is 0.251 e. The SMILES string of the molecule is CCCn1nnc2cc(C(=O)NCCC(=O)NCc3ccc(Br)cc3)ccc21. The van der Waals surface area contributed by atoms with Gasteiger partial charge >= 0.3 is 0 Å². The zero-order valence-corrected chi connectivity index (χ0v) is 17.2. The van der Waals surface area contributed by atoms with Crippen LogP contribution in [0.1, 0.15) is 35.7 Å². The lowest BCUT2D eigenvalue weighted by atomic mass is 10.2. The van der Waals surface area contributed by atoms with E-state index < -0.39 is 0 Å². The number of aryl methyl sites for hydroxylation is 1. The molecule has 2 N–H and O–H groups in total. The number of aromatic nitrogens is 3. The summed E-state index contributed by atoms with van der Waals surface area (Å²) in [5.74, 6) is -0.339. The fourth-order valence-electron chi connectivity index (χ4n) is 2.77. The second kappa shape index (κ2) is 9.45. The Kier molecular flexibility index (Phi) is 6.76. The minimum Gasteiger partial charge on any atom is -0.352 e. The van der Waals surface area contributed by atoms with Gasteiger partial charge in [-0.05, 0) is 42.3 Å². The van der Waals surface area contributed by atoms with Gasteiger partial charge in [0, 0.05) is 36.1 Å². The molecule has 0 aliphatic rings. The first-order chi connectivity index (χ1) is 13.6. The van der Waals surface area contributed by atoms with E-state index in [1.165, 1.54) is 0 Å². The van der Waals surface area contributed by atoms with E-state index >= 15 is 0 Å². The zero-order chi connectivity index (χ0) is 19.9. The van der Waals surface area contributed by atoms with E-state index in [0.717, 1.165) is 28.5 Å². The number of carbonyl (C=O) groups is 2. The molecule has 2 amide bonds. The van der Waals surface area contributed by atoms with Crippen LogP contribution < -0.4 is 10.6 Å². The topological polar surface area (TPSA) is 88.9 Å². The summed E-state index contributed by atoms with van der Waals surface area (Å²) >= 11 is 3.38. The van der Waals surface area contributed by atoms with E-state index in [2.05, 4.69) is 43.8 Å². The molecule has 146 valence electrons. The van der Waals surface area contributed by atoms with Gasteiger partial charge in [-0.2, -0.15) is 0 Å². The molecule has 1 heterocycles. The molecule has 0 spiro atoms. The predicted octanol–water partition coefficient (Wildman–Crippen LogP) is 3.04. The molecule has 1 aromatic heterocycles. The van der Waals surface area contributed by atoms with Gasteiger partial charge in [0.1, 0.15) is 5.52 Å². The van der Waals surface area contributed by atoms with Crippen LogP contribution in [-0.2, 0) is 17.9 Å². The second-order valence-corrected chi connectivity index (χ2v) is 7.34. The number of nitrogens with zero attached hydrogens (tertiary/aromatic N) is 3. The molecule has 0 saturated heterocycles. The average molecular weight is 444 g/mol. The van der Waals surface area contributed by atoms with Crippen molar-refractivity contribution in [3.05, 3.63) is 58.1 Å². The monoisotopic (exact) mass is 443 g/mol. The van der Waals surface area contributed by atoms with Crippen molar-refractivity contribution in [3.63, 3.8) is 0 Å². The predicted molar refractivity (Wildman–Crippen MR) is 111 cm³/mol. The summed E-state index contributed by atoms with van der Waals surface area (Å²) in [6.45, 7) is 3.59. The highest BCUT2D eigenvalue weighted by atomic mass is 79.9. The van der Waals surface area contributed by atoms with E-state index in [1.807, 2.05) is 35.0 Å². The summed E-state index contributed by atoms with van der Waals surface area (Å²) in [5, 5.41) is 13.8. The van der Waals surface area contributed by atoms with Gasteiger partial charge < -0.3 is 10.6 Å². The molecule has 8 heteroatoms. The summed E-state index contributed by atoms with van der Waals surface area (Å²) in [7, 11) is 0. The Bertz CT molecular complexity index is 968. The van der Waals surface area contributed by atoms with Crippen LogP contribution in [-0.4, -0.2) is 33.4 Å². The van der Waals surface area contributed by atoms with Gasteiger partial charge in [0.15, 0.2) is 0 Å². The van der Waals surface area contributed by atoms with Gasteiger partial charge in [0.25, 0.3) is 5.91 Å². The molecule has 0 unspecified atom stereocenters. The van der Waals surface area contributed by atoms with Crippen molar-refractivity contribution in [1.82, 2.24) is 25.6 Å². The van der Waals surface area contributed by atoms with Crippen molar-refractivity contribution in [2.45, 2.75) is 32.9 Å². The number of nitrogens with one attached hydrogen (secondary N) is 2. The molecule has 2 aromatic carbocycles. The summed E-state index contributed by atoms with van der Waals surface area (Å²) in [4.78, 5) is 24.3. The van der Waals surface area contributed by atoms with Crippen molar-refractivity contribution >= 4 is 38.8 Å². The highest BCUT2D eigenvalue weighted by Crippen LogP contribution is 2.14. The van der Waals surface area contributed by atoms with Gasteiger partial charge in [-0.15, -0.1) is 5.10 Å². The molecule has 0 fully saturated rings. The van der Waals surface area contributed by atoms with E-state index in [4.69, 9.17) is 0 Å². The highest BCUT2D eigenvalue weighted by Gasteiger charge is 2.10. The van der Waals surface area contributed by atoms with Crippen LogP contribution in [0.2, 0.25) is 0 Å². The van der Waals surface area contributed by atoms with Crippen LogP contribution in [0.25, 0.3) is 11.0 Å². The van der Waals surface area contributed by atoms with Crippen LogP contribution in [0.15, 0.2) is 46.9 Å². The molecule has 0 aliphatic heterocycles. The van der Waals surface area contributed by atoms with E-state index in [1.54, 1.807) is 12.1 Å². The van der Waals surface area contributed by atoms with Gasteiger partial charge in [-0.1, -0.05) is 40.2 Å². The molecule has 7 nitrogen and oxygen atoms in total. The highest BCUT2D eigenvalue weighted by molar-refractivity contribution is 9.10. The Morgan fingerprint density at radius 1 is 1.11 bits per heavy atom. The molecule has 0 radical (unpaired) electrons. The Morgan fingerprint density at radius 2 is 1.89 bits per heavy atom. The number of hydrogen-bond donors (Lipinski definition) is 2. The molecule has 0 atom stereocenters. The standard InChI is InChI=1S/C20H22BrN5O2/c1-2-11-26-18-8-5-15(12-17(18)24-25-26)20(28)22-10-9-19(27)23-13-14-3-6-16(21)7-4-14/h3-8,12H,2,9-11,13H2,1H3,(H,22,28)(H,23,27). The lowest BCUT2D eigenvalue weighted by Crippen LogP contribution is -2.30. The maximum absolute atomic E-state index is 12.3. The number of halogens is 1. The van der Waals surface area contributed by atoms with Crippen molar-refractivity contribution < 1.29 is 9.59 Å². The molecule has 0 bridgehead atoms. The van der Waals surface area contributed by atoms with Crippen LogP contribution in [0.5, 0.6) is 0 Å². The lowest BCUT2D eigenvalue weighted by molar-refractivity contribution is -0.121. The summed E-state index contributed by atoms with van der Waals surface area (Å²) in [5.41, 5.74) is 3.12. The van der Waals surface area contributed by atoms with Gasteiger partial charge in [-0.3, -0.25) is 9.59 Å². The Hall–Kier alpha value is -2.74. The summed E-state index contributed by atoms with van der Waals surface area (Å²) in [6, 6.07) is 13.1. The third-order valence-corrected chi connectivity index (χ3v) is 4.78. The van der Waals surface area contributed by atoms with Crippen LogP contribution in [0, 0.1) is 0 Å². The number of hydrogen-bond acceptors (Lipinski definition) is 4. The molecule has 0 saturated carbocycles. The molecule has 28 heavy (non-hydrogen) atoms. The minimum atomic E-state index is -0.229. The molecule has 0 aliphatic carbocycles. The first-order valence-corrected chi connectivity index (χ1v) is 9.98. The van der Waals surface area contributed by atoms with Gasteiger partial charge in [0.2, 0.25) is 5.91 Å². The van der Waals surface area contributed by atoms with Crippen molar-refractivity contribution in [1.29, 1.82) is 0 Å². The normalized spacial score (nSPS) is 10.8. The quantitative estimate of drug-likeness (QED) is 0.559. The van der Waals surface area contributed by atoms with E-state index in [-0.39, 0.29) is 24.8 Å². The first kappa shape index (κ1) is 20.0. The fourth-order valence-corrected chi connectivity index (χ4v) is 3.04. The molecule has 3 aromatic rings. The van der Waals surface area contributed by atoms with Crippen LogP contribution in [0.4, 0.5) is 0 Å². The number of carbonyl (C=O) groups excluding carboxylic acids is 2. The molecule has 3 rings (SSSR count). The zero-order valence-electron chi connectivity index (χ0n) is 15.6. The van der Waals surface area contributed by atoms with E-state index in [9.17, 15) is 9.59 Å². The average Bonchev–Trinajstić information content (AvgIpc) is 3.10. The van der Waals surface area contributed by atoms with Crippen LogP contribution in [0.3, 0.4) is 0 Å². The third-order valence-electron chi connectivity index (χ3n) is 4.25. The number of fused-ring (bicyclic) bond motifs is 1. The summed E-state index contributed by atoms with van der Waals surface area (Å²) in [6.07, 6.45) is 1.18. The molecular formula is C20H22BrN5O2. The summed E-state index contributed by atoms with van der Waals surface area (Å²) < 4.78 is 2.82. The van der Waals surface area contributed by atoms with Gasteiger partial charge in [0.05, 0.1) is 5.52 Å². The lowest BCUT2D eigenvalue weighted by Gasteiger charge is -2.07. The maximum atomic E-state index is 12.3. The van der Waals surface area contributed by atoms with Crippen molar-refractivity contribution in [3.8, 4) is 0 Å². The largest absolute Gasteiger partial charge is 0.352 e. The fraction of sp³-hybridized carbons (Fsp3) is 0.300. The van der Waals surface area contributed by atoms with Crippen molar-refractivity contribution in [2.75, 3.05) is 6.54 Å². The molecular weight excluding hydrogens is 422 g/mol. The Balaban J connectivity index is 1.46. The van der Waals surface area contributed by atoms with Gasteiger partial charge in [-0.25, -0.2) is 4.68 Å². The maximum Gasteiger partial charge on any atom is 0.251 e. The Labute approximate surface area is 171 Å². The van der Waals surface area contributed by atoms with Crippen LogP contribution >= 0.6 is 15.9 Å². The third kappa shape index (κ3) is 5.16.